The van der Waals surface area contributed by atoms with Crippen LogP contribution in [0.5, 0.6) is 0 Å². The Morgan fingerprint density at radius 1 is 1.56 bits per heavy atom. The molecular formula is C12H21N3O. The van der Waals surface area contributed by atoms with Crippen molar-refractivity contribution in [2.24, 2.45) is 10.7 Å². The van der Waals surface area contributed by atoms with E-state index in [1.165, 1.54) is 0 Å². The van der Waals surface area contributed by atoms with Crippen molar-refractivity contribution in [1.82, 2.24) is 4.90 Å². The normalized spacial score (nSPS) is 38.9. The first-order chi connectivity index (χ1) is 7.57. The monoisotopic (exact) mass is 223 g/mol. The van der Waals surface area contributed by atoms with E-state index in [1.54, 1.807) is 0 Å². The lowest BCUT2D eigenvalue weighted by Gasteiger charge is -2.46. The highest BCUT2D eigenvalue weighted by Gasteiger charge is 2.46. The van der Waals surface area contributed by atoms with E-state index in [-0.39, 0.29) is 17.7 Å². The van der Waals surface area contributed by atoms with Crippen molar-refractivity contribution in [3.63, 3.8) is 0 Å². The molecule has 1 fully saturated rings. The van der Waals surface area contributed by atoms with Crippen LogP contribution in [0.2, 0.25) is 0 Å². The highest BCUT2D eigenvalue weighted by atomic mass is 16.5. The van der Waals surface area contributed by atoms with Gasteiger partial charge in [0, 0.05) is 6.54 Å². The van der Waals surface area contributed by atoms with Crippen molar-refractivity contribution in [1.29, 1.82) is 0 Å². The molecule has 4 nitrogen and oxygen atoms in total. The molecule has 1 spiro atoms. The number of rotatable bonds is 2. The minimum absolute atomic E-state index is 0.0648. The largest absolute Gasteiger partial charge is 0.375 e. The second kappa shape index (κ2) is 4.09. The third-order valence-corrected chi connectivity index (χ3v) is 3.50. The van der Waals surface area contributed by atoms with Gasteiger partial charge in [-0.3, -0.25) is 4.99 Å². The number of ether oxygens (including phenoxy) is 1. The van der Waals surface area contributed by atoms with Crippen molar-refractivity contribution in [3.05, 3.63) is 12.7 Å². The molecule has 0 aliphatic carbocycles. The summed E-state index contributed by atoms with van der Waals surface area (Å²) in [4.78, 5) is 6.59. The Kier molecular flexibility index (Phi) is 2.93. The molecule has 90 valence electrons. The van der Waals surface area contributed by atoms with Gasteiger partial charge in [-0.15, -0.1) is 6.58 Å². The minimum Gasteiger partial charge on any atom is -0.375 e. The quantitative estimate of drug-likeness (QED) is 0.714. The second-order valence-corrected chi connectivity index (χ2v) is 4.96. The van der Waals surface area contributed by atoms with Gasteiger partial charge in [0.05, 0.1) is 24.3 Å². The van der Waals surface area contributed by atoms with Gasteiger partial charge in [0.1, 0.15) is 0 Å². The maximum Gasteiger partial charge on any atom is 0.192 e. The summed E-state index contributed by atoms with van der Waals surface area (Å²) >= 11 is 0. The Balaban J connectivity index is 2.20. The molecule has 2 N–H and O–H groups in total. The average Bonchev–Trinajstić information content (AvgIpc) is 2.46. The lowest BCUT2D eigenvalue weighted by atomic mass is 9.83. The van der Waals surface area contributed by atoms with Crippen molar-refractivity contribution >= 4 is 5.96 Å². The van der Waals surface area contributed by atoms with Crippen LogP contribution in [0.15, 0.2) is 17.6 Å². The van der Waals surface area contributed by atoms with Crippen molar-refractivity contribution in [3.8, 4) is 0 Å². The Bertz CT molecular complexity index is 303. The van der Waals surface area contributed by atoms with E-state index in [0.717, 1.165) is 25.9 Å². The molecule has 0 aromatic rings. The topological polar surface area (TPSA) is 50.8 Å². The van der Waals surface area contributed by atoms with Crippen LogP contribution >= 0.6 is 0 Å². The van der Waals surface area contributed by atoms with Gasteiger partial charge in [-0.2, -0.15) is 0 Å². The summed E-state index contributed by atoms with van der Waals surface area (Å²) in [7, 11) is 0. The molecule has 0 saturated carbocycles. The van der Waals surface area contributed by atoms with Gasteiger partial charge in [0.25, 0.3) is 0 Å². The van der Waals surface area contributed by atoms with Gasteiger partial charge < -0.3 is 15.4 Å². The predicted molar refractivity (Wildman–Crippen MR) is 65.4 cm³/mol. The number of hydrogen-bond donors (Lipinski definition) is 1. The zero-order valence-corrected chi connectivity index (χ0v) is 10.1. The van der Waals surface area contributed by atoms with E-state index in [9.17, 15) is 0 Å². The Morgan fingerprint density at radius 3 is 2.75 bits per heavy atom. The highest BCUT2D eigenvalue weighted by Crippen LogP contribution is 2.37. The van der Waals surface area contributed by atoms with Crippen LogP contribution in [-0.4, -0.2) is 41.7 Å². The predicted octanol–water partition coefficient (Wildman–Crippen LogP) is 1.13. The van der Waals surface area contributed by atoms with Crippen LogP contribution < -0.4 is 5.73 Å². The van der Waals surface area contributed by atoms with Crippen LogP contribution in [0.25, 0.3) is 0 Å². The molecule has 0 aromatic heterocycles. The molecule has 2 heterocycles. The van der Waals surface area contributed by atoms with Crippen LogP contribution in [-0.2, 0) is 4.74 Å². The van der Waals surface area contributed by atoms with Gasteiger partial charge in [-0.1, -0.05) is 6.08 Å². The summed E-state index contributed by atoms with van der Waals surface area (Å²) in [5.74, 6) is 0.654. The van der Waals surface area contributed by atoms with Crippen molar-refractivity contribution in [2.75, 3.05) is 13.1 Å². The van der Waals surface area contributed by atoms with E-state index in [1.807, 2.05) is 6.08 Å². The van der Waals surface area contributed by atoms with Crippen molar-refractivity contribution in [2.45, 2.75) is 44.4 Å². The van der Waals surface area contributed by atoms with Crippen LogP contribution in [0.1, 0.15) is 26.7 Å². The fourth-order valence-corrected chi connectivity index (χ4v) is 3.05. The number of nitrogens with two attached hydrogens (primary N) is 1. The maximum atomic E-state index is 5.95. The van der Waals surface area contributed by atoms with Crippen LogP contribution in [0.3, 0.4) is 0 Å². The lowest BCUT2D eigenvalue weighted by molar-refractivity contribution is -0.0826. The van der Waals surface area contributed by atoms with Crippen molar-refractivity contribution < 1.29 is 4.74 Å². The molecule has 2 rings (SSSR count). The first kappa shape index (κ1) is 11.5. The van der Waals surface area contributed by atoms with E-state index in [4.69, 9.17) is 10.5 Å². The van der Waals surface area contributed by atoms with Crippen LogP contribution in [0, 0.1) is 0 Å². The molecule has 1 saturated heterocycles. The van der Waals surface area contributed by atoms with Gasteiger partial charge in [-0.05, 0) is 26.7 Å². The SMILES string of the molecule is C=CCN1C(N)=NCC12CC(C)OC(C)C2. The third kappa shape index (κ3) is 1.82. The number of nitrogens with zero attached hydrogens (tertiary/aromatic N) is 2. The van der Waals surface area contributed by atoms with E-state index in [2.05, 4.69) is 30.3 Å². The summed E-state index contributed by atoms with van der Waals surface area (Å²) in [5.41, 5.74) is 6.01. The molecule has 2 atom stereocenters. The smallest absolute Gasteiger partial charge is 0.192 e. The number of aliphatic imine (C=N–C) groups is 1. The molecule has 0 amide bonds. The number of guanidine groups is 1. The maximum absolute atomic E-state index is 5.95. The fraction of sp³-hybridized carbons (Fsp3) is 0.750. The van der Waals surface area contributed by atoms with Crippen LogP contribution in [0.4, 0.5) is 0 Å². The molecule has 4 heteroatoms. The highest BCUT2D eigenvalue weighted by molar-refractivity contribution is 5.81. The molecule has 2 aliphatic rings. The van der Waals surface area contributed by atoms with E-state index < -0.39 is 0 Å². The zero-order chi connectivity index (χ0) is 11.8. The first-order valence-electron chi connectivity index (χ1n) is 5.91. The molecule has 0 radical (unpaired) electrons. The number of hydrogen-bond acceptors (Lipinski definition) is 4. The first-order valence-corrected chi connectivity index (χ1v) is 5.91. The zero-order valence-electron chi connectivity index (χ0n) is 10.1. The Labute approximate surface area is 97.2 Å². The molecule has 2 aliphatic heterocycles. The standard InChI is InChI=1S/C12H21N3O/c1-4-5-15-11(13)14-8-12(15)6-9(2)16-10(3)7-12/h4,9-10H,1,5-8H2,2-3H3,(H2,13,14). The second-order valence-electron chi connectivity index (χ2n) is 4.96. The molecule has 0 aromatic carbocycles. The Morgan fingerprint density at radius 2 is 2.19 bits per heavy atom. The Hall–Kier alpha value is -1.03. The fourth-order valence-electron chi connectivity index (χ4n) is 3.05. The van der Waals surface area contributed by atoms with Gasteiger partial charge in [-0.25, -0.2) is 0 Å². The van der Waals surface area contributed by atoms with Gasteiger partial charge in [0.15, 0.2) is 5.96 Å². The summed E-state index contributed by atoms with van der Waals surface area (Å²) in [6.45, 7) is 9.61. The summed E-state index contributed by atoms with van der Waals surface area (Å²) in [6.07, 6.45) is 4.43. The van der Waals surface area contributed by atoms with Gasteiger partial charge >= 0.3 is 0 Å². The summed E-state index contributed by atoms with van der Waals surface area (Å²) < 4.78 is 5.79. The lowest BCUT2D eigenvalue weighted by Crippen LogP contribution is -2.57. The summed E-state index contributed by atoms with van der Waals surface area (Å²) in [5, 5.41) is 0. The third-order valence-electron chi connectivity index (χ3n) is 3.50. The van der Waals surface area contributed by atoms with E-state index >= 15 is 0 Å². The molecule has 0 bridgehead atoms. The summed E-state index contributed by atoms with van der Waals surface area (Å²) in [6, 6.07) is 0. The molecular weight excluding hydrogens is 202 g/mol. The van der Waals surface area contributed by atoms with Gasteiger partial charge in [0.2, 0.25) is 0 Å². The van der Waals surface area contributed by atoms with E-state index in [0.29, 0.717) is 5.96 Å². The molecule has 2 unspecified atom stereocenters. The molecule has 16 heavy (non-hydrogen) atoms. The average molecular weight is 223 g/mol. The minimum atomic E-state index is 0.0648.